The number of nitrogens with zero attached hydrogens (tertiary/aromatic N) is 2. The van der Waals surface area contributed by atoms with Crippen LogP contribution in [-0.2, 0) is 19.1 Å². The molecule has 1 atom stereocenters. The standard InChI is InChI=1S/C11H16N2O6/c1-18-10(14)8-5-3-4-6-12(8)7-9(13(16)17)11(15)19-2/h7-8H,3-6H2,1-2H3/b9-7-. The van der Waals surface area contributed by atoms with Crippen LogP contribution < -0.4 is 0 Å². The first-order valence-electron chi connectivity index (χ1n) is 5.79. The van der Waals surface area contributed by atoms with Crippen LogP contribution in [0.5, 0.6) is 0 Å². The molecule has 0 aliphatic carbocycles. The lowest BCUT2D eigenvalue weighted by Gasteiger charge is -2.32. The number of piperidine rings is 1. The fraction of sp³-hybridized carbons (Fsp3) is 0.636. The van der Waals surface area contributed by atoms with Crippen LogP contribution in [0.2, 0.25) is 0 Å². The van der Waals surface area contributed by atoms with Gasteiger partial charge in [0.1, 0.15) is 6.04 Å². The predicted octanol–water partition coefficient (Wildman–Crippen LogP) is 0.305. The van der Waals surface area contributed by atoms with Gasteiger partial charge in [0.05, 0.1) is 25.3 Å². The van der Waals surface area contributed by atoms with Crippen molar-refractivity contribution in [3.05, 3.63) is 22.0 Å². The van der Waals surface area contributed by atoms with E-state index < -0.39 is 28.6 Å². The van der Waals surface area contributed by atoms with Crippen molar-refractivity contribution in [2.45, 2.75) is 25.3 Å². The summed E-state index contributed by atoms with van der Waals surface area (Å²) in [5, 5.41) is 10.8. The Morgan fingerprint density at radius 2 is 2.00 bits per heavy atom. The number of methoxy groups -OCH3 is 2. The smallest absolute Gasteiger partial charge is 0.411 e. The Morgan fingerprint density at radius 3 is 2.53 bits per heavy atom. The van der Waals surface area contributed by atoms with E-state index in [-0.39, 0.29) is 0 Å². The van der Waals surface area contributed by atoms with Crippen LogP contribution in [0.25, 0.3) is 0 Å². The molecule has 1 aliphatic rings. The van der Waals surface area contributed by atoms with E-state index in [0.29, 0.717) is 13.0 Å². The molecule has 1 saturated heterocycles. The lowest BCUT2D eigenvalue weighted by molar-refractivity contribution is -0.422. The highest BCUT2D eigenvalue weighted by atomic mass is 16.6. The maximum atomic E-state index is 11.6. The van der Waals surface area contributed by atoms with E-state index in [4.69, 9.17) is 0 Å². The first-order chi connectivity index (χ1) is 9.01. The average Bonchev–Trinajstić information content (AvgIpc) is 2.43. The number of likely N-dealkylation sites (tertiary alicyclic amines) is 1. The van der Waals surface area contributed by atoms with Crippen molar-refractivity contribution in [1.29, 1.82) is 0 Å². The van der Waals surface area contributed by atoms with Gasteiger partial charge in [-0.3, -0.25) is 10.1 Å². The first kappa shape index (κ1) is 14.9. The number of ether oxygens (including phenoxy) is 2. The summed E-state index contributed by atoms with van der Waals surface area (Å²) < 4.78 is 9.00. The largest absolute Gasteiger partial charge is 0.467 e. The second-order valence-corrected chi connectivity index (χ2v) is 4.04. The molecule has 0 aromatic carbocycles. The highest BCUT2D eigenvalue weighted by Gasteiger charge is 2.32. The van der Waals surface area contributed by atoms with Gasteiger partial charge in [0.2, 0.25) is 0 Å². The SMILES string of the molecule is COC(=O)/C(=C/N1CCCCC1C(=O)OC)[N+](=O)[O-]. The maximum absolute atomic E-state index is 11.6. The monoisotopic (exact) mass is 272 g/mol. The summed E-state index contributed by atoms with van der Waals surface area (Å²) in [4.78, 5) is 34.3. The minimum absolute atomic E-state index is 0.452. The molecule has 1 fully saturated rings. The van der Waals surface area contributed by atoms with Crippen LogP contribution in [0.15, 0.2) is 11.9 Å². The fourth-order valence-electron chi connectivity index (χ4n) is 1.93. The van der Waals surface area contributed by atoms with Gasteiger partial charge in [0.25, 0.3) is 0 Å². The molecule has 0 spiro atoms. The lowest BCUT2D eigenvalue weighted by atomic mass is 10.0. The third kappa shape index (κ3) is 3.67. The first-order valence-corrected chi connectivity index (χ1v) is 5.79. The number of rotatable bonds is 4. The minimum Gasteiger partial charge on any atom is -0.467 e. The molecule has 8 heteroatoms. The van der Waals surface area contributed by atoms with Crippen LogP contribution in [0.4, 0.5) is 0 Å². The predicted molar refractivity (Wildman–Crippen MR) is 63.5 cm³/mol. The Kier molecular flexibility index (Phi) is 5.28. The summed E-state index contributed by atoms with van der Waals surface area (Å²) >= 11 is 0. The van der Waals surface area contributed by atoms with Gasteiger partial charge >= 0.3 is 17.6 Å². The molecular weight excluding hydrogens is 256 g/mol. The molecule has 0 amide bonds. The zero-order valence-electron chi connectivity index (χ0n) is 10.8. The molecule has 8 nitrogen and oxygen atoms in total. The minimum atomic E-state index is -1.04. The van der Waals surface area contributed by atoms with Crippen LogP contribution in [0.3, 0.4) is 0 Å². The molecule has 0 aromatic rings. The number of esters is 2. The van der Waals surface area contributed by atoms with Gasteiger partial charge in [-0.1, -0.05) is 0 Å². The molecule has 0 bridgehead atoms. The van der Waals surface area contributed by atoms with Crippen molar-refractivity contribution in [3.8, 4) is 0 Å². The van der Waals surface area contributed by atoms with E-state index in [0.717, 1.165) is 26.2 Å². The number of hydrogen-bond acceptors (Lipinski definition) is 7. The third-order valence-corrected chi connectivity index (χ3v) is 2.90. The Bertz CT molecular complexity index is 406. The summed E-state index contributed by atoms with van der Waals surface area (Å²) in [6, 6.07) is -0.599. The summed E-state index contributed by atoms with van der Waals surface area (Å²) in [5.74, 6) is -1.51. The van der Waals surface area contributed by atoms with Gasteiger partial charge in [-0.15, -0.1) is 0 Å². The summed E-state index contributed by atoms with van der Waals surface area (Å²) in [6.07, 6.45) is 3.22. The number of nitro groups is 1. The number of carbonyl (C=O) groups is 2. The zero-order chi connectivity index (χ0) is 14.4. The van der Waals surface area contributed by atoms with Crippen LogP contribution in [-0.4, -0.2) is 48.6 Å². The summed E-state index contributed by atoms with van der Waals surface area (Å²) in [6.45, 7) is 0.452. The van der Waals surface area contributed by atoms with Gasteiger partial charge in [-0.25, -0.2) is 9.59 Å². The third-order valence-electron chi connectivity index (χ3n) is 2.90. The molecule has 1 rings (SSSR count). The molecule has 19 heavy (non-hydrogen) atoms. The quantitative estimate of drug-likeness (QED) is 0.314. The molecule has 106 valence electrons. The lowest BCUT2D eigenvalue weighted by Crippen LogP contribution is -2.42. The van der Waals surface area contributed by atoms with E-state index in [9.17, 15) is 19.7 Å². The second-order valence-electron chi connectivity index (χ2n) is 4.04. The molecule has 0 aromatic heterocycles. The van der Waals surface area contributed by atoms with Crippen molar-refractivity contribution in [2.24, 2.45) is 0 Å². The van der Waals surface area contributed by atoms with Crippen LogP contribution in [0, 0.1) is 10.1 Å². The molecule has 0 saturated carbocycles. The van der Waals surface area contributed by atoms with Gasteiger partial charge in [-0.05, 0) is 19.3 Å². The highest BCUT2D eigenvalue weighted by Crippen LogP contribution is 2.19. The van der Waals surface area contributed by atoms with Crippen molar-refractivity contribution in [1.82, 2.24) is 4.90 Å². The van der Waals surface area contributed by atoms with Gasteiger partial charge in [-0.2, -0.15) is 0 Å². The van der Waals surface area contributed by atoms with Crippen LogP contribution >= 0.6 is 0 Å². The van der Waals surface area contributed by atoms with Crippen molar-refractivity contribution >= 4 is 11.9 Å². The van der Waals surface area contributed by atoms with Gasteiger partial charge < -0.3 is 14.4 Å². The van der Waals surface area contributed by atoms with E-state index in [1.165, 1.54) is 12.0 Å². The molecule has 1 heterocycles. The van der Waals surface area contributed by atoms with Crippen molar-refractivity contribution in [3.63, 3.8) is 0 Å². The Hall–Kier alpha value is -2.12. The molecule has 0 radical (unpaired) electrons. The Labute approximate surface area is 110 Å². The average molecular weight is 272 g/mol. The summed E-state index contributed by atoms with van der Waals surface area (Å²) in [7, 11) is 2.32. The maximum Gasteiger partial charge on any atom is 0.411 e. The zero-order valence-corrected chi connectivity index (χ0v) is 10.8. The van der Waals surface area contributed by atoms with Crippen LogP contribution in [0.1, 0.15) is 19.3 Å². The van der Waals surface area contributed by atoms with Crippen molar-refractivity contribution < 1.29 is 24.0 Å². The molecule has 1 aliphatic heterocycles. The second kappa shape index (κ2) is 6.72. The Morgan fingerprint density at radius 1 is 1.32 bits per heavy atom. The van der Waals surface area contributed by atoms with E-state index >= 15 is 0 Å². The van der Waals surface area contributed by atoms with E-state index in [2.05, 4.69) is 9.47 Å². The molecule has 0 N–H and O–H groups in total. The fourth-order valence-corrected chi connectivity index (χ4v) is 1.93. The van der Waals surface area contributed by atoms with E-state index in [1.54, 1.807) is 0 Å². The van der Waals surface area contributed by atoms with Gasteiger partial charge in [0, 0.05) is 6.54 Å². The normalized spacial score (nSPS) is 19.8. The van der Waals surface area contributed by atoms with E-state index in [1.807, 2.05) is 0 Å². The highest BCUT2D eigenvalue weighted by molar-refractivity contribution is 5.85. The number of carbonyl (C=O) groups excluding carboxylic acids is 2. The van der Waals surface area contributed by atoms with Crippen molar-refractivity contribution in [2.75, 3.05) is 20.8 Å². The molecule has 1 unspecified atom stereocenters. The summed E-state index contributed by atoms with van der Waals surface area (Å²) in [5.41, 5.74) is -0.696. The topological polar surface area (TPSA) is 99.0 Å². The molecular formula is C11H16N2O6. The van der Waals surface area contributed by atoms with Gasteiger partial charge in [0.15, 0.2) is 0 Å². The Balaban J connectivity index is 2.98. The number of hydrogen-bond donors (Lipinski definition) is 0.